The maximum Gasteiger partial charge on any atom is 0.143 e. The van der Waals surface area contributed by atoms with Gasteiger partial charge in [-0.2, -0.15) is 0 Å². The van der Waals surface area contributed by atoms with Gasteiger partial charge in [0, 0.05) is 55.3 Å². The van der Waals surface area contributed by atoms with E-state index in [1.54, 1.807) is 0 Å². The van der Waals surface area contributed by atoms with Gasteiger partial charge >= 0.3 is 0 Å². The number of hydrogen-bond acceptors (Lipinski definition) is 2. The number of fused-ring (bicyclic) bond motifs is 9. The number of anilines is 3. The minimum absolute atomic E-state index is 0.238. The Morgan fingerprint density at radius 3 is 1.66 bits per heavy atom. The van der Waals surface area contributed by atoms with Gasteiger partial charge in [0.05, 0.1) is 11.0 Å². The molecule has 0 N–H and O–H groups in total. The molecule has 294 valence electrons. The standard InChI is InChI=1S/C59H42N2O/c1-4-38-20-22-39(23-21-38)40-24-28-42(29-25-40)60(43-30-26-41(27-31-43)46-15-11-16-52-51-14-7-10-19-57(51)62-58(46)52)44-32-34-47-48-35-33-45(37-54(48)59(2,3)53(47)36-44)61-55-17-8-5-12-49(55)50-13-6-9-18-56(50)61/h4-37H,1H2,2-3H3. The van der Waals surface area contributed by atoms with Crippen LogP contribution in [-0.4, -0.2) is 4.57 Å². The van der Waals surface area contributed by atoms with Crippen LogP contribution in [0.15, 0.2) is 211 Å². The van der Waals surface area contributed by atoms with Crippen molar-refractivity contribution in [2.24, 2.45) is 0 Å². The summed E-state index contributed by atoms with van der Waals surface area (Å²) in [7, 11) is 0. The molecule has 62 heavy (non-hydrogen) atoms. The van der Waals surface area contributed by atoms with Crippen LogP contribution in [0.25, 0.3) is 88.9 Å². The predicted molar refractivity (Wildman–Crippen MR) is 261 cm³/mol. The molecule has 12 rings (SSSR count). The van der Waals surface area contributed by atoms with E-state index in [9.17, 15) is 0 Å². The van der Waals surface area contributed by atoms with Crippen LogP contribution in [0.4, 0.5) is 17.1 Å². The Kier molecular flexibility index (Phi) is 8.04. The molecule has 0 aliphatic heterocycles. The molecule has 11 aromatic rings. The first-order valence-electron chi connectivity index (χ1n) is 21.4. The second-order valence-corrected chi connectivity index (χ2v) is 17.0. The molecule has 0 unspecified atom stereocenters. The molecule has 1 aliphatic rings. The van der Waals surface area contributed by atoms with Crippen molar-refractivity contribution in [3.63, 3.8) is 0 Å². The molecule has 2 aromatic heterocycles. The van der Waals surface area contributed by atoms with Crippen molar-refractivity contribution in [2.75, 3.05) is 4.90 Å². The Bertz CT molecular complexity index is 3490. The molecule has 3 nitrogen and oxygen atoms in total. The van der Waals surface area contributed by atoms with E-state index in [-0.39, 0.29) is 5.41 Å². The first kappa shape index (κ1) is 36.0. The smallest absolute Gasteiger partial charge is 0.143 e. The van der Waals surface area contributed by atoms with E-state index < -0.39 is 0 Å². The van der Waals surface area contributed by atoms with Crippen LogP contribution in [0.2, 0.25) is 0 Å². The average molecular weight is 795 g/mol. The summed E-state index contributed by atoms with van der Waals surface area (Å²) in [6.07, 6.45) is 1.88. The lowest BCUT2D eigenvalue weighted by Gasteiger charge is -2.28. The molecule has 1 aliphatic carbocycles. The van der Waals surface area contributed by atoms with Crippen molar-refractivity contribution >= 4 is 66.9 Å². The van der Waals surface area contributed by atoms with E-state index >= 15 is 0 Å². The lowest BCUT2D eigenvalue weighted by atomic mass is 9.82. The maximum atomic E-state index is 6.45. The van der Waals surface area contributed by atoms with Crippen molar-refractivity contribution in [1.29, 1.82) is 0 Å². The van der Waals surface area contributed by atoms with Gasteiger partial charge in [0.15, 0.2) is 0 Å². The van der Waals surface area contributed by atoms with E-state index in [2.05, 4.69) is 218 Å². The lowest BCUT2D eigenvalue weighted by Crippen LogP contribution is -2.17. The third kappa shape index (κ3) is 5.52. The Hall–Kier alpha value is -7.88. The van der Waals surface area contributed by atoms with Crippen molar-refractivity contribution in [2.45, 2.75) is 19.3 Å². The molecular weight excluding hydrogens is 753 g/mol. The van der Waals surface area contributed by atoms with E-state index in [0.717, 1.165) is 55.7 Å². The first-order chi connectivity index (χ1) is 30.4. The van der Waals surface area contributed by atoms with E-state index in [4.69, 9.17) is 4.42 Å². The Morgan fingerprint density at radius 2 is 1.00 bits per heavy atom. The molecular formula is C59H42N2O. The number of furan rings is 1. The van der Waals surface area contributed by atoms with Crippen molar-refractivity contribution in [1.82, 2.24) is 4.57 Å². The number of aromatic nitrogens is 1. The molecule has 0 fully saturated rings. The fourth-order valence-electron chi connectivity index (χ4n) is 10.0. The fourth-order valence-corrected chi connectivity index (χ4v) is 10.0. The van der Waals surface area contributed by atoms with Crippen molar-refractivity contribution in [3.05, 3.63) is 223 Å². The molecule has 9 aromatic carbocycles. The SMILES string of the molecule is C=Cc1ccc(-c2ccc(N(c3ccc(-c4cccc5c4oc4ccccc45)cc3)c3ccc4c(c3)C(C)(C)c3cc(-n5c6ccccc6c6ccccc65)ccc3-4)cc2)cc1. The highest BCUT2D eigenvalue weighted by Gasteiger charge is 2.36. The van der Waals surface area contributed by atoms with Crippen molar-refractivity contribution in [3.8, 4) is 39.1 Å². The van der Waals surface area contributed by atoms with Crippen LogP contribution < -0.4 is 4.90 Å². The Balaban J connectivity index is 0.961. The highest BCUT2D eigenvalue weighted by Crippen LogP contribution is 2.52. The van der Waals surface area contributed by atoms with Gasteiger partial charge in [0.25, 0.3) is 0 Å². The number of hydrogen-bond donors (Lipinski definition) is 0. The van der Waals surface area contributed by atoms with E-state index in [1.165, 1.54) is 60.9 Å². The lowest BCUT2D eigenvalue weighted by molar-refractivity contribution is 0.660. The zero-order chi connectivity index (χ0) is 41.5. The summed E-state index contributed by atoms with van der Waals surface area (Å²) in [6, 6.07) is 72.7. The topological polar surface area (TPSA) is 21.3 Å². The molecule has 0 saturated heterocycles. The van der Waals surface area contributed by atoms with Gasteiger partial charge < -0.3 is 13.9 Å². The average Bonchev–Trinajstić information content (AvgIpc) is 3.95. The second kappa shape index (κ2) is 13.8. The van der Waals surface area contributed by atoms with Gasteiger partial charge in [0.1, 0.15) is 11.2 Å². The number of benzene rings is 9. The van der Waals surface area contributed by atoms with Crippen LogP contribution >= 0.6 is 0 Å². The van der Waals surface area contributed by atoms with Gasteiger partial charge in [-0.1, -0.05) is 160 Å². The number of para-hydroxylation sites is 4. The van der Waals surface area contributed by atoms with Crippen molar-refractivity contribution < 1.29 is 4.42 Å². The highest BCUT2D eigenvalue weighted by atomic mass is 16.3. The summed E-state index contributed by atoms with van der Waals surface area (Å²) >= 11 is 0. The summed E-state index contributed by atoms with van der Waals surface area (Å²) in [5, 5.41) is 4.81. The van der Waals surface area contributed by atoms with Crippen LogP contribution in [-0.2, 0) is 5.41 Å². The second-order valence-electron chi connectivity index (χ2n) is 17.0. The first-order valence-corrected chi connectivity index (χ1v) is 21.4. The third-order valence-corrected chi connectivity index (χ3v) is 13.2. The van der Waals surface area contributed by atoms with Crippen LogP contribution in [0.3, 0.4) is 0 Å². The van der Waals surface area contributed by atoms with Gasteiger partial charge in [-0.3, -0.25) is 0 Å². The molecule has 2 heterocycles. The van der Waals surface area contributed by atoms with E-state index in [0.29, 0.717) is 0 Å². The van der Waals surface area contributed by atoms with Crippen LogP contribution in [0.1, 0.15) is 30.5 Å². The summed E-state index contributed by atoms with van der Waals surface area (Å²) in [6.45, 7) is 8.68. The minimum Gasteiger partial charge on any atom is -0.455 e. The number of nitrogens with zero attached hydrogens (tertiary/aromatic N) is 2. The molecule has 0 radical (unpaired) electrons. The predicted octanol–water partition coefficient (Wildman–Crippen LogP) is 16.4. The zero-order valence-electron chi connectivity index (χ0n) is 34.6. The fraction of sp³-hybridized carbons (Fsp3) is 0.0508. The largest absolute Gasteiger partial charge is 0.455 e. The minimum atomic E-state index is -0.238. The quantitative estimate of drug-likeness (QED) is 0.160. The van der Waals surface area contributed by atoms with Gasteiger partial charge in [-0.25, -0.2) is 0 Å². The Morgan fingerprint density at radius 1 is 0.468 bits per heavy atom. The maximum absolute atomic E-state index is 6.45. The van der Waals surface area contributed by atoms with E-state index in [1.807, 2.05) is 18.2 Å². The monoisotopic (exact) mass is 794 g/mol. The summed E-state index contributed by atoms with van der Waals surface area (Å²) in [4.78, 5) is 2.39. The summed E-state index contributed by atoms with van der Waals surface area (Å²) < 4.78 is 8.88. The highest BCUT2D eigenvalue weighted by molar-refractivity contribution is 6.10. The summed E-state index contributed by atoms with van der Waals surface area (Å²) in [5.41, 5.74) is 19.4. The molecule has 0 amide bonds. The van der Waals surface area contributed by atoms with Gasteiger partial charge in [-0.05, 0) is 111 Å². The molecule has 0 bridgehead atoms. The Labute approximate surface area is 361 Å². The number of rotatable bonds is 7. The zero-order valence-corrected chi connectivity index (χ0v) is 34.6. The molecule has 3 heteroatoms. The van der Waals surface area contributed by atoms with Crippen LogP contribution in [0, 0.1) is 0 Å². The normalized spacial score (nSPS) is 12.9. The van der Waals surface area contributed by atoms with Gasteiger partial charge in [0.2, 0.25) is 0 Å². The van der Waals surface area contributed by atoms with Crippen LogP contribution in [0.5, 0.6) is 0 Å². The molecule has 0 saturated carbocycles. The summed E-state index contributed by atoms with van der Waals surface area (Å²) in [5.74, 6) is 0. The molecule has 0 atom stereocenters. The molecule has 0 spiro atoms. The van der Waals surface area contributed by atoms with Gasteiger partial charge in [-0.15, -0.1) is 0 Å². The third-order valence-electron chi connectivity index (χ3n) is 13.2.